The number of hydrogen-bond donors (Lipinski definition) is 1. The monoisotopic (exact) mass is 455 g/mol. The Balaban J connectivity index is 1.70. The van der Waals surface area contributed by atoms with Crippen LogP contribution in [0.2, 0.25) is 0 Å². The van der Waals surface area contributed by atoms with Gasteiger partial charge in [-0.3, -0.25) is 9.59 Å². The number of aromatic nitrogens is 4. The summed E-state index contributed by atoms with van der Waals surface area (Å²) in [6, 6.07) is 14.9. The molecule has 0 atom stereocenters. The number of alkyl halides is 3. The van der Waals surface area contributed by atoms with Gasteiger partial charge in [-0.25, -0.2) is 9.36 Å². The molecular weight excluding hydrogens is 439 g/mol. The molecular formula is C22H16F3N5O3. The van der Waals surface area contributed by atoms with E-state index in [0.29, 0.717) is 22.8 Å². The van der Waals surface area contributed by atoms with E-state index < -0.39 is 6.36 Å². The van der Waals surface area contributed by atoms with Crippen LogP contribution >= 0.6 is 0 Å². The van der Waals surface area contributed by atoms with Crippen LogP contribution in [0.4, 0.5) is 18.9 Å². The third kappa shape index (κ3) is 5.09. The minimum absolute atomic E-state index is 0.0792. The predicted molar refractivity (Wildman–Crippen MR) is 113 cm³/mol. The molecule has 0 spiro atoms. The molecule has 1 N–H and O–H groups in total. The molecule has 4 rings (SSSR count). The van der Waals surface area contributed by atoms with Gasteiger partial charge in [0.15, 0.2) is 5.69 Å². The molecule has 11 heteroatoms. The molecule has 4 aromatic rings. The molecule has 0 aliphatic carbocycles. The molecule has 8 nitrogen and oxygen atoms in total. The summed E-state index contributed by atoms with van der Waals surface area (Å²) in [6.45, 7) is 1.39. The first-order valence-electron chi connectivity index (χ1n) is 9.58. The minimum atomic E-state index is -4.79. The Labute approximate surface area is 184 Å². The maximum Gasteiger partial charge on any atom is 0.573 e. The zero-order valence-corrected chi connectivity index (χ0v) is 17.1. The van der Waals surface area contributed by atoms with Crippen LogP contribution in [-0.4, -0.2) is 31.8 Å². The maximum atomic E-state index is 12.6. The van der Waals surface area contributed by atoms with Crippen LogP contribution in [0.3, 0.4) is 0 Å². The van der Waals surface area contributed by atoms with E-state index in [1.807, 2.05) is 0 Å². The predicted octanol–water partition coefficient (Wildman–Crippen LogP) is 3.94. The van der Waals surface area contributed by atoms with Gasteiger partial charge < -0.3 is 10.1 Å². The van der Waals surface area contributed by atoms with Gasteiger partial charge in [-0.05, 0) is 48.5 Å². The van der Waals surface area contributed by atoms with Crippen LogP contribution in [0.5, 0.6) is 5.75 Å². The van der Waals surface area contributed by atoms with Crippen molar-refractivity contribution < 1.29 is 22.7 Å². The highest BCUT2D eigenvalue weighted by Gasteiger charge is 2.31. The smallest absolute Gasteiger partial charge is 0.406 e. The van der Waals surface area contributed by atoms with Gasteiger partial charge in [-0.2, -0.15) is 10.2 Å². The van der Waals surface area contributed by atoms with E-state index in [0.717, 1.165) is 12.1 Å². The largest absolute Gasteiger partial charge is 0.573 e. The Morgan fingerprint density at radius 3 is 2.48 bits per heavy atom. The summed E-state index contributed by atoms with van der Waals surface area (Å²) in [5.74, 6) is -0.600. The van der Waals surface area contributed by atoms with Crippen molar-refractivity contribution in [3.8, 4) is 28.5 Å². The number of ether oxygens (including phenoxy) is 1. The van der Waals surface area contributed by atoms with Crippen LogP contribution in [0.25, 0.3) is 22.8 Å². The zero-order chi connectivity index (χ0) is 23.6. The summed E-state index contributed by atoms with van der Waals surface area (Å²) in [5, 5.41) is 11.3. The van der Waals surface area contributed by atoms with E-state index >= 15 is 0 Å². The fourth-order valence-corrected chi connectivity index (χ4v) is 3.14. The van der Waals surface area contributed by atoms with Gasteiger partial charge in [0.25, 0.3) is 0 Å². The normalized spacial score (nSPS) is 11.3. The highest BCUT2D eigenvalue weighted by atomic mass is 19.4. The SMILES string of the molecule is CC(=O)Nc1cccc(-n2nccc2-c2nn(-c3ccc(OC(F)(F)F)cc3)ccc2=O)c1. The summed E-state index contributed by atoms with van der Waals surface area (Å²) in [7, 11) is 0. The van der Waals surface area contributed by atoms with E-state index in [1.54, 1.807) is 30.3 Å². The van der Waals surface area contributed by atoms with Gasteiger partial charge in [-0.15, -0.1) is 13.2 Å². The molecule has 1 amide bonds. The van der Waals surface area contributed by atoms with Gasteiger partial charge >= 0.3 is 6.36 Å². The first kappa shape index (κ1) is 21.8. The van der Waals surface area contributed by atoms with Crippen molar-refractivity contribution in [2.75, 3.05) is 5.32 Å². The lowest BCUT2D eigenvalue weighted by molar-refractivity contribution is -0.274. The summed E-state index contributed by atoms with van der Waals surface area (Å²) in [4.78, 5) is 23.9. The first-order chi connectivity index (χ1) is 15.7. The van der Waals surface area contributed by atoms with Crippen molar-refractivity contribution in [3.05, 3.63) is 83.3 Å². The van der Waals surface area contributed by atoms with Gasteiger partial charge in [0.05, 0.1) is 23.3 Å². The lowest BCUT2D eigenvalue weighted by atomic mass is 10.2. The second-order valence-corrected chi connectivity index (χ2v) is 6.87. The number of nitrogens with one attached hydrogen (secondary N) is 1. The quantitative estimate of drug-likeness (QED) is 0.492. The summed E-state index contributed by atoms with van der Waals surface area (Å²) >= 11 is 0. The van der Waals surface area contributed by atoms with E-state index in [-0.39, 0.29) is 22.8 Å². The Hall–Kier alpha value is -4.41. The lowest BCUT2D eigenvalue weighted by Gasteiger charge is -2.12. The van der Waals surface area contributed by atoms with Gasteiger partial charge in [0.1, 0.15) is 5.75 Å². The average molecular weight is 455 g/mol. The van der Waals surface area contributed by atoms with E-state index in [1.165, 1.54) is 46.9 Å². The van der Waals surface area contributed by atoms with Crippen molar-refractivity contribution in [1.82, 2.24) is 19.6 Å². The Bertz CT molecular complexity index is 1360. The zero-order valence-electron chi connectivity index (χ0n) is 17.1. The number of carbonyl (C=O) groups is 1. The molecule has 2 heterocycles. The third-order valence-electron chi connectivity index (χ3n) is 4.44. The molecule has 0 saturated heterocycles. The van der Waals surface area contributed by atoms with Gasteiger partial charge in [-0.1, -0.05) is 6.07 Å². The van der Waals surface area contributed by atoms with Crippen molar-refractivity contribution in [2.24, 2.45) is 0 Å². The number of anilines is 1. The molecule has 2 aromatic heterocycles. The fraction of sp³-hybridized carbons (Fsp3) is 0.0909. The molecule has 0 fully saturated rings. The summed E-state index contributed by atoms with van der Waals surface area (Å²) in [5.41, 5.74) is 1.67. The molecule has 168 valence electrons. The number of carbonyl (C=O) groups excluding carboxylic acids is 1. The number of amides is 1. The molecule has 0 saturated carbocycles. The number of hydrogen-bond acceptors (Lipinski definition) is 5. The van der Waals surface area contributed by atoms with Crippen molar-refractivity contribution >= 4 is 11.6 Å². The highest BCUT2D eigenvalue weighted by molar-refractivity contribution is 5.89. The van der Waals surface area contributed by atoms with E-state index in [2.05, 4.69) is 20.3 Å². The number of benzene rings is 2. The first-order valence-corrected chi connectivity index (χ1v) is 9.58. The van der Waals surface area contributed by atoms with Crippen LogP contribution in [-0.2, 0) is 4.79 Å². The summed E-state index contributed by atoms with van der Waals surface area (Å²) in [6.07, 6.45) is -1.88. The number of halogens is 3. The second kappa shape index (κ2) is 8.61. The van der Waals surface area contributed by atoms with Crippen LogP contribution in [0.15, 0.2) is 77.9 Å². The average Bonchev–Trinajstić information content (AvgIpc) is 3.23. The molecule has 33 heavy (non-hydrogen) atoms. The molecule has 0 aliphatic heterocycles. The molecule has 0 bridgehead atoms. The third-order valence-corrected chi connectivity index (χ3v) is 4.44. The Morgan fingerprint density at radius 2 is 1.79 bits per heavy atom. The summed E-state index contributed by atoms with van der Waals surface area (Å²) < 4.78 is 43.9. The Morgan fingerprint density at radius 1 is 1.03 bits per heavy atom. The van der Waals surface area contributed by atoms with Crippen molar-refractivity contribution in [2.45, 2.75) is 13.3 Å². The topological polar surface area (TPSA) is 91.0 Å². The van der Waals surface area contributed by atoms with Crippen molar-refractivity contribution in [3.63, 3.8) is 0 Å². The highest BCUT2D eigenvalue weighted by Crippen LogP contribution is 2.24. The van der Waals surface area contributed by atoms with Crippen molar-refractivity contribution in [1.29, 1.82) is 0 Å². The molecule has 0 radical (unpaired) electrons. The Kier molecular flexibility index (Phi) is 5.69. The van der Waals surface area contributed by atoms with Gasteiger partial charge in [0, 0.05) is 24.9 Å². The van der Waals surface area contributed by atoms with Crippen LogP contribution < -0.4 is 15.5 Å². The van der Waals surface area contributed by atoms with E-state index in [4.69, 9.17) is 0 Å². The second-order valence-electron chi connectivity index (χ2n) is 6.87. The standard InChI is InChI=1S/C22H16F3N5O3/c1-14(31)27-15-3-2-4-17(13-15)30-19(9-11-26-30)21-20(32)10-12-29(28-21)16-5-7-18(8-6-16)33-22(23,24)25/h2-13H,1H3,(H,27,31). The van der Waals surface area contributed by atoms with E-state index in [9.17, 15) is 22.8 Å². The fourth-order valence-electron chi connectivity index (χ4n) is 3.14. The van der Waals surface area contributed by atoms with Gasteiger partial charge in [0.2, 0.25) is 11.3 Å². The van der Waals surface area contributed by atoms with Crippen LogP contribution in [0.1, 0.15) is 6.92 Å². The molecule has 0 aliphatic rings. The molecule has 2 aromatic carbocycles. The minimum Gasteiger partial charge on any atom is -0.406 e. The lowest BCUT2D eigenvalue weighted by Crippen LogP contribution is -2.17. The number of rotatable bonds is 5. The maximum absolute atomic E-state index is 12.6. The number of nitrogens with zero attached hydrogens (tertiary/aromatic N) is 4. The van der Waals surface area contributed by atoms with Crippen LogP contribution in [0, 0.1) is 0 Å². The molecule has 0 unspecified atom stereocenters.